The molecule has 0 aliphatic carbocycles. The van der Waals surface area contributed by atoms with E-state index in [1.807, 2.05) is 13.8 Å². The molecule has 0 fully saturated rings. The lowest BCUT2D eigenvalue weighted by Crippen LogP contribution is -2.13. The lowest BCUT2D eigenvalue weighted by Gasteiger charge is -2.05. The summed E-state index contributed by atoms with van der Waals surface area (Å²) in [4.78, 5) is 16.5. The van der Waals surface area contributed by atoms with Gasteiger partial charge in [-0.2, -0.15) is 5.10 Å². The molecule has 0 radical (unpaired) electrons. The minimum absolute atomic E-state index is 0.0562. The monoisotopic (exact) mass is 462 g/mol. The molecule has 1 amide bonds. The summed E-state index contributed by atoms with van der Waals surface area (Å²) in [5.74, 6) is -0.267. The van der Waals surface area contributed by atoms with Gasteiger partial charge in [0.15, 0.2) is 5.76 Å². The van der Waals surface area contributed by atoms with E-state index >= 15 is 0 Å². The highest BCUT2D eigenvalue weighted by atomic mass is 35.5. The van der Waals surface area contributed by atoms with Crippen molar-refractivity contribution in [1.82, 2.24) is 24.5 Å². The van der Waals surface area contributed by atoms with Crippen molar-refractivity contribution in [3.8, 4) is 0 Å². The molecule has 0 spiro atoms. The highest BCUT2D eigenvalue weighted by Crippen LogP contribution is 2.21. The van der Waals surface area contributed by atoms with Gasteiger partial charge in [0.05, 0.1) is 29.5 Å². The summed E-state index contributed by atoms with van der Waals surface area (Å²) in [6.07, 6.45) is 1.37. The average molecular weight is 463 g/mol. The first-order valence-electron chi connectivity index (χ1n) is 9.23. The first-order valence-corrected chi connectivity index (χ1v) is 9.99. The quantitative estimate of drug-likeness (QED) is 0.456. The fourth-order valence-corrected chi connectivity index (χ4v) is 3.36. The minimum Gasteiger partial charge on any atom is -0.454 e. The summed E-state index contributed by atoms with van der Waals surface area (Å²) in [5, 5.41) is 11.9. The zero-order chi connectivity index (χ0) is 22.1. The number of hydrogen-bond acceptors (Lipinski definition) is 5. The first-order chi connectivity index (χ1) is 14.8. The van der Waals surface area contributed by atoms with Crippen molar-refractivity contribution in [1.29, 1.82) is 0 Å². The third-order valence-corrected chi connectivity index (χ3v) is 5.53. The van der Waals surface area contributed by atoms with E-state index in [1.165, 1.54) is 23.1 Å². The van der Waals surface area contributed by atoms with Crippen molar-refractivity contribution >= 4 is 35.1 Å². The Kier molecular flexibility index (Phi) is 5.79. The fourth-order valence-electron chi connectivity index (χ4n) is 3.00. The van der Waals surface area contributed by atoms with Gasteiger partial charge in [0, 0.05) is 10.6 Å². The van der Waals surface area contributed by atoms with Gasteiger partial charge in [-0.1, -0.05) is 29.3 Å². The standard InChI is InChI=1S/C20H17Cl2FN6O2/c1-11-18(22)12(2)29(26-11)8-13-6-7-17(31-13)19(30)25-20-24-10-28(27-20)9-14-15(21)4-3-5-16(14)23/h3-7,10H,8-9H2,1-2H3,(H,25,27,30). The maximum absolute atomic E-state index is 13.9. The second kappa shape index (κ2) is 8.52. The molecule has 0 atom stereocenters. The number of nitrogens with one attached hydrogen (secondary N) is 1. The summed E-state index contributed by atoms with van der Waals surface area (Å²) in [6, 6.07) is 7.66. The number of benzene rings is 1. The van der Waals surface area contributed by atoms with Crippen LogP contribution in [0.25, 0.3) is 0 Å². The first kappa shape index (κ1) is 21.1. The van der Waals surface area contributed by atoms with E-state index in [0.29, 0.717) is 17.3 Å². The maximum atomic E-state index is 13.9. The molecule has 3 aromatic heterocycles. The van der Waals surface area contributed by atoms with Gasteiger partial charge in [-0.25, -0.2) is 14.1 Å². The van der Waals surface area contributed by atoms with Crippen molar-refractivity contribution in [3.05, 3.63) is 81.0 Å². The minimum atomic E-state index is -0.515. The summed E-state index contributed by atoms with van der Waals surface area (Å²) >= 11 is 12.2. The predicted octanol–water partition coefficient (Wildman–Crippen LogP) is 4.48. The van der Waals surface area contributed by atoms with E-state index in [1.54, 1.807) is 22.9 Å². The second-order valence-corrected chi connectivity index (χ2v) is 7.61. The van der Waals surface area contributed by atoms with Crippen molar-refractivity contribution < 1.29 is 13.6 Å². The molecule has 3 heterocycles. The summed E-state index contributed by atoms with van der Waals surface area (Å²) in [7, 11) is 0. The van der Waals surface area contributed by atoms with Crippen molar-refractivity contribution in [2.45, 2.75) is 26.9 Å². The number of carbonyl (C=O) groups is 1. The summed E-state index contributed by atoms with van der Waals surface area (Å²) < 4.78 is 22.6. The van der Waals surface area contributed by atoms with Crippen molar-refractivity contribution in [3.63, 3.8) is 0 Å². The van der Waals surface area contributed by atoms with Gasteiger partial charge in [-0.15, -0.1) is 5.10 Å². The van der Waals surface area contributed by atoms with E-state index in [2.05, 4.69) is 20.5 Å². The number of amides is 1. The lowest BCUT2D eigenvalue weighted by atomic mass is 10.2. The number of furan rings is 1. The predicted molar refractivity (Wildman–Crippen MR) is 113 cm³/mol. The lowest BCUT2D eigenvalue weighted by molar-refractivity contribution is 0.0993. The third-order valence-electron chi connectivity index (χ3n) is 4.63. The molecule has 0 saturated carbocycles. The van der Waals surface area contributed by atoms with Gasteiger partial charge in [0.1, 0.15) is 17.9 Å². The molecule has 0 unspecified atom stereocenters. The maximum Gasteiger partial charge on any atom is 0.293 e. The Morgan fingerprint density at radius 1 is 1.16 bits per heavy atom. The Morgan fingerprint density at radius 2 is 1.97 bits per heavy atom. The number of anilines is 1. The van der Waals surface area contributed by atoms with Crippen LogP contribution in [0.1, 0.15) is 33.3 Å². The molecule has 0 aliphatic heterocycles. The van der Waals surface area contributed by atoms with E-state index in [9.17, 15) is 9.18 Å². The van der Waals surface area contributed by atoms with Crippen molar-refractivity contribution in [2.24, 2.45) is 0 Å². The smallest absolute Gasteiger partial charge is 0.293 e. The Balaban J connectivity index is 1.42. The Hall–Kier alpha value is -3.17. The van der Waals surface area contributed by atoms with Crippen LogP contribution < -0.4 is 5.32 Å². The number of aromatic nitrogens is 5. The van der Waals surface area contributed by atoms with E-state index in [4.69, 9.17) is 27.6 Å². The van der Waals surface area contributed by atoms with Gasteiger partial charge in [-0.05, 0) is 38.1 Å². The van der Waals surface area contributed by atoms with Crippen LogP contribution >= 0.6 is 23.2 Å². The normalized spacial score (nSPS) is 11.1. The van der Waals surface area contributed by atoms with Crippen molar-refractivity contribution in [2.75, 3.05) is 5.32 Å². The third kappa shape index (κ3) is 4.47. The van der Waals surface area contributed by atoms with Crippen LogP contribution in [0.15, 0.2) is 41.1 Å². The molecule has 160 valence electrons. The second-order valence-electron chi connectivity index (χ2n) is 6.83. The molecule has 1 N–H and O–H groups in total. The van der Waals surface area contributed by atoms with Gasteiger partial charge < -0.3 is 4.42 Å². The topological polar surface area (TPSA) is 90.8 Å². The Bertz CT molecular complexity index is 1240. The van der Waals surface area contributed by atoms with Crippen LogP contribution in [0.3, 0.4) is 0 Å². The van der Waals surface area contributed by atoms with Gasteiger partial charge in [0.25, 0.3) is 5.91 Å². The van der Waals surface area contributed by atoms with E-state index in [-0.39, 0.29) is 28.8 Å². The highest BCUT2D eigenvalue weighted by molar-refractivity contribution is 6.32. The van der Waals surface area contributed by atoms with Crippen LogP contribution in [0.2, 0.25) is 10.0 Å². The van der Waals surface area contributed by atoms with Gasteiger partial charge in [0.2, 0.25) is 5.95 Å². The average Bonchev–Trinajstić information content (AvgIpc) is 3.43. The summed E-state index contributed by atoms with van der Waals surface area (Å²) in [5.41, 5.74) is 1.82. The Morgan fingerprint density at radius 3 is 2.68 bits per heavy atom. The number of hydrogen-bond donors (Lipinski definition) is 1. The van der Waals surface area contributed by atoms with E-state index in [0.717, 1.165) is 11.4 Å². The molecule has 11 heteroatoms. The van der Waals surface area contributed by atoms with Crippen LogP contribution in [0.5, 0.6) is 0 Å². The number of halogens is 3. The summed E-state index contributed by atoms with van der Waals surface area (Å²) in [6.45, 7) is 4.09. The Labute approximate surface area is 186 Å². The van der Waals surface area contributed by atoms with Crippen LogP contribution in [0.4, 0.5) is 10.3 Å². The fraction of sp³-hybridized carbons (Fsp3) is 0.200. The van der Waals surface area contributed by atoms with Gasteiger partial charge in [-0.3, -0.25) is 14.8 Å². The molecule has 0 bridgehead atoms. The molecule has 31 heavy (non-hydrogen) atoms. The molecule has 0 aliphatic rings. The largest absolute Gasteiger partial charge is 0.454 e. The zero-order valence-electron chi connectivity index (χ0n) is 16.6. The number of aryl methyl sites for hydroxylation is 1. The highest BCUT2D eigenvalue weighted by Gasteiger charge is 2.16. The molecule has 4 aromatic rings. The number of nitrogens with zero attached hydrogens (tertiary/aromatic N) is 5. The molecule has 8 nitrogen and oxygen atoms in total. The van der Waals surface area contributed by atoms with Crippen LogP contribution in [-0.2, 0) is 13.1 Å². The molecule has 1 aromatic carbocycles. The molecule has 0 saturated heterocycles. The SMILES string of the molecule is Cc1nn(Cc2ccc(C(=O)Nc3ncn(Cc4c(F)cccc4Cl)n3)o2)c(C)c1Cl. The van der Waals surface area contributed by atoms with Crippen LogP contribution in [0, 0.1) is 19.7 Å². The molecular formula is C20H17Cl2FN6O2. The van der Waals surface area contributed by atoms with Gasteiger partial charge >= 0.3 is 0 Å². The molecular weight excluding hydrogens is 446 g/mol. The number of rotatable bonds is 6. The zero-order valence-corrected chi connectivity index (χ0v) is 18.1. The molecule has 4 rings (SSSR count). The van der Waals surface area contributed by atoms with E-state index < -0.39 is 11.7 Å². The number of carbonyl (C=O) groups excluding carboxylic acids is 1. The van der Waals surface area contributed by atoms with Crippen LogP contribution in [-0.4, -0.2) is 30.5 Å².